The molecule has 1 aliphatic rings. The van der Waals surface area contributed by atoms with Crippen LogP contribution in [0.25, 0.3) is 0 Å². The van der Waals surface area contributed by atoms with Gasteiger partial charge in [0.25, 0.3) is 5.91 Å². The molecule has 3 N–H and O–H groups in total. The molecule has 136 valence electrons. The molecule has 0 bridgehead atoms. The molecule has 0 radical (unpaired) electrons. The van der Waals surface area contributed by atoms with E-state index < -0.39 is 15.9 Å². The molecule has 26 heavy (non-hydrogen) atoms. The molecule has 0 atom stereocenters. The predicted octanol–water partition coefficient (Wildman–Crippen LogP) is 2.34. The summed E-state index contributed by atoms with van der Waals surface area (Å²) in [5.41, 5.74) is 1.23. The van der Waals surface area contributed by atoms with E-state index in [4.69, 9.17) is 0 Å². The van der Waals surface area contributed by atoms with Crippen molar-refractivity contribution in [2.75, 3.05) is 10.6 Å². The average Bonchev–Trinajstić information content (AvgIpc) is 3.38. The van der Waals surface area contributed by atoms with Gasteiger partial charge in [0.1, 0.15) is 0 Å². The van der Waals surface area contributed by atoms with E-state index in [0.717, 1.165) is 12.8 Å². The Morgan fingerprint density at radius 2 is 1.62 bits per heavy atom. The van der Waals surface area contributed by atoms with Gasteiger partial charge in [-0.05, 0) is 49.2 Å². The van der Waals surface area contributed by atoms with Crippen molar-refractivity contribution in [1.29, 1.82) is 0 Å². The summed E-state index contributed by atoms with van der Waals surface area (Å²) in [6.45, 7) is 1.38. The standard InChI is InChI=1S/C18H19N3O4S/c1-12(22)19-15-5-2-4-13(10-15)18(23)20-16-6-3-7-17(11-16)26(24,25)21-14-8-9-14/h2-7,10-11,14,21H,8-9H2,1H3,(H,19,22)(H,20,23). The van der Waals surface area contributed by atoms with Crippen LogP contribution in [0.3, 0.4) is 0 Å². The molecule has 0 heterocycles. The van der Waals surface area contributed by atoms with Gasteiger partial charge in [-0.1, -0.05) is 12.1 Å². The smallest absolute Gasteiger partial charge is 0.255 e. The van der Waals surface area contributed by atoms with Crippen molar-refractivity contribution >= 4 is 33.2 Å². The zero-order valence-corrected chi connectivity index (χ0v) is 15.0. The van der Waals surface area contributed by atoms with E-state index in [1.54, 1.807) is 36.4 Å². The monoisotopic (exact) mass is 373 g/mol. The van der Waals surface area contributed by atoms with E-state index in [1.807, 2.05) is 0 Å². The molecule has 0 aromatic heterocycles. The quantitative estimate of drug-likeness (QED) is 0.723. The SMILES string of the molecule is CC(=O)Nc1cccc(C(=O)Nc2cccc(S(=O)(=O)NC3CC3)c2)c1. The molecule has 2 aromatic carbocycles. The lowest BCUT2D eigenvalue weighted by Gasteiger charge is -2.10. The Kier molecular flexibility index (Phi) is 5.06. The van der Waals surface area contributed by atoms with E-state index in [-0.39, 0.29) is 16.8 Å². The fourth-order valence-electron chi connectivity index (χ4n) is 2.37. The van der Waals surface area contributed by atoms with Gasteiger partial charge in [-0.3, -0.25) is 9.59 Å². The molecule has 8 heteroatoms. The molecular formula is C18H19N3O4S. The summed E-state index contributed by atoms with van der Waals surface area (Å²) in [7, 11) is -3.59. The summed E-state index contributed by atoms with van der Waals surface area (Å²) < 4.78 is 27.2. The number of rotatable bonds is 6. The van der Waals surface area contributed by atoms with Crippen LogP contribution in [0.5, 0.6) is 0 Å². The van der Waals surface area contributed by atoms with E-state index in [0.29, 0.717) is 16.9 Å². The highest BCUT2D eigenvalue weighted by molar-refractivity contribution is 7.89. The van der Waals surface area contributed by atoms with Gasteiger partial charge < -0.3 is 10.6 Å². The summed E-state index contributed by atoms with van der Waals surface area (Å²) >= 11 is 0. The van der Waals surface area contributed by atoms with Gasteiger partial charge in [-0.2, -0.15) is 0 Å². The number of sulfonamides is 1. The van der Waals surface area contributed by atoms with Crippen molar-refractivity contribution in [2.24, 2.45) is 0 Å². The van der Waals surface area contributed by atoms with Gasteiger partial charge in [-0.15, -0.1) is 0 Å². The molecule has 2 aromatic rings. The number of nitrogens with one attached hydrogen (secondary N) is 3. The van der Waals surface area contributed by atoms with Crippen molar-refractivity contribution in [3.8, 4) is 0 Å². The minimum atomic E-state index is -3.59. The Bertz CT molecular complexity index is 952. The molecule has 3 rings (SSSR count). The second-order valence-corrected chi connectivity index (χ2v) is 7.85. The van der Waals surface area contributed by atoms with Gasteiger partial charge in [-0.25, -0.2) is 13.1 Å². The lowest BCUT2D eigenvalue weighted by Crippen LogP contribution is -2.25. The minimum absolute atomic E-state index is 0.00904. The van der Waals surface area contributed by atoms with Gasteiger partial charge in [0.2, 0.25) is 15.9 Å². The van der Waals surface area contributed by atoms with Crippen molar-refractivity contribution < 1.29 is 18.0 Å². The number of carbonyl (C=O) groups excluding carboxylic acids is 2. The molecule has 1 aliphatic carbocycles. The molecule has 7 nitrogen and oxygen atoms in total. The van der Waals surface area contributed by atoms with Crippen LogP contribution in [-0.2, 0) is 14.8 Å². The van der Waals surface area contributed by atoms with Crippen LogP contribution in [0.4, 0.5) is 11.4 Å². The lowest BCUT2D eigenvalue weighted by atomic mass is 10.2. The summed E-state index contributed by atoms with van der Waals surface area (Å²) in [4.78, 5) is 23.6. The van der Waals surface area contributed by atoms with Gasteiger partial charge in [0.05, 0.1) is 4.90 Å². The predicted molar refractivity (Wildman–Crippen MR) is 98.5 cm³/mol. The Balaban J connectivity index is 1.75. The number of anilines is 2. The molecular weight excluding hydrogens is 354 g/mol. The van der Waals surface area contributed by atoms with Crippen LogP contribution in [0.2, 0.25) is 0 Å². The van der Waals surface area contributed by atoms with Crippen molar-refractivity contribution in [3.63, 3.8) is 0 Å². The highest BCUT2D eigenvalue weighted by Crippen LogP contribution is 2.23. The number of carbonyl (C=O) groups is 2. The van der Waals surface area contributed by atoms with E-state index in [9.17, 15) is 18.0 Å². The maximum Gasteiger partial charge on any atom is 0.255 e. The fourth-order valence-corrected chi connectivity index (χ4v) is 3.72. The zero-order valence-electron chi connectivity index (χ0n) is 14.2. The number of amides is 2. The molecule has 0 aliphatic heterocycles. The molecule has 0 spiro atoms. The first kappa shape index (κ1) is 18.1. The number of benzene rings is 2. The van der Waals surface area contributed by atoms with Crippen molar-refractivity contribution in [3.05, 3.63) is 54.1 Å². The third-order valence-corrected chi connectivity index (χ3v) is 5.26. The molecule has 0 unspecified atom stereocenters. The van der Waals surface area contributed by atoms with Crippen LogP contribution < -0.4 is 15.4 Å². The second kappa shape index (κ2) is 7.27. The van der Waals surface area contributed by atoms with Gasteiger partial charge >= 0.3 is 0 Å². The van der Waals surface area contributed by atoms with E-state index in [1.165, 1.54) is 19.1 Å². The lowest BCUT2D eigenvalue weighted by molar-refractivity contribution is -0.114. The van der Waals surface area contributed by atoms with Crippen LogP contribution in [-0.4, -0.2) is 26.3 Å². The van der Waals surface area contributed by atoms with Gasteiger partial charge in [0, 0.05) is 29.9 Å². The topological polar surface area (TPSA) is 104 Å². The Labute approximate surface area is 151 Å². The molecule has 2 amide bonds. The van der Waals surface area contributed by atoms with Crippen LogP contribution in [0.15, 0.2) is 53.4 Å². The Hall–Kier alpha value is -2.71. The van der Waals surface area contributed by atoms with Gasteiger partial charge in [0.15, 0.2) is 0 Å². The van der Waals surface area contributed by atoms with E-state index >= 15 is 0 Å². The van der Waals surface area contributed by atoms with Crippen LogP contribution >= 0.6 is 0 Å². The maximum absolute atomic E-state index is 12.4. The van der Waals surface area contributed by atoms with Crippen molar-refractivity contribution in [2.45, 2.75) is 30.7 Å². The van der Waals surface area contributed by atoms with Crippen LogP contribution in [0.1, 0.15) is 30.1 Å². The second-order valence-electron chi connectivity index (χ2n) is 6.14. The zero-order chi connectivity index (χ0) is 18.7. The normalized spacial score (nSPS) is 13.9. The largest absolute Gasteiger partial charge is 0.326 e. The minimum Gasteiger partial charge on any atom is -0.326 e. The third-order valence-electron chi connectivity index (χ3n) is 3.75. The number of hydrogen-bond acceptors (Lipinski definition) is 4. The Morgan fingerprint density at radius 1 is 0.962 bits per heavy atom. The van der Waals surface area contributed by atoms with Crippen molar-refractivity contribution in [1.82, 2.24) is 4.72 Å². The fraction of sp³-hybridized carbons (Fsp3) is 0.222. The summed E-state index contributed by atoms with van der Waals surface area (Å²) in [6, 6.07) is 12.6. The number of hydrogen-bond donors (Lipinski definition) is 3. The first-order valence-electron chi connectivity index (χ1n) is 8.15. The first-order chi connectivity index (χ1) is 12.3. The summed E-state index contributed by atoms with van der Waals surface area (Å²) in [6.07, 6.45) is 1.70. The molecule has 0 saturated heterocycles. The maximum atomic E-state index is 12.4. The highest BCUT2D eigenvalue weighted by atomic mass is 32.2. The van der Waals surface area contributed by atoms with Crippen LogP contribution in [0, 0.1) is 0 Å². The molecule has 1 fully saturated rings. The third kappa shape index (κ3) is 4.68. The average molecular weight is 373 g/mol. The summed E-state index contributed by atoms with van der Waals surface area (Å²) in [5.74, 6) is -0.634. The first-order valence-corrected chi connectivity index (χ1v) is 9.63. The Morgan fingerprint density at radius 3 is 2.27 bits per heavy atom. The van der Waals surface area contributed by atoms with E-state index in [2.05, 4.69) is 15.4 Å². The summed E-state index contributed by atoms with van der Waals surface area (Å²) in [5, 5.41) is 5.29. The molecule has 1 saturated carbocycles. The highest BCUT2D eigenvalue weighted by Gasteiger charge is 2.28.